The molecule has 2 aromatic rings. The molecule has 1 nitrogen and oxygen atoms in total. The third-order valence-corrected chi connectivity index (χ3v) is 4.54. The Balaban J connectivity index is 2.82. The molecule has 0 saturated heterocycles. The lowest BCUT2D eigenvalue weighted by atomic mass is 10.2. The molecule has 0 saturated carbocycles. The van der Waals surface area contributed by atoms with E-state index >= 15 is 0 Å². The van der Waals surface area contributed by atoms with Crippen molar-refractivity contribution in [1.82, 2.24) is 0 Å². The number of benzene rings is 1. The van der Waals surface area contributed by atoms with Gasteiger partial charge in [-0.3, -0.25) is 0 Å². The molecule has 1 aromatic heterocycles. The number of fused-ring (bicyclic) bond motifs is 1. The maximum atomic E-state index is 9.69. The van der Waals surface area contributed by atoms with Crippen LogP contribution in [0.15, 0.2) is 22.4 Å². The molecule has 0 aliphatic heterocycles. The highest BCUT2D eigenvalue weighted by atomic mass is 79.9. The minimum Gasteiger partial charge on any atom is -0.506 e. The quantitative estimate of drug-likeness (QED) is 0.659. The maximum absolute atomic E-state index is 9.69. The summed E-state index contributed by atoms with van der Waals surface area (Å²) in [5.74, 6) is 0.384. The smallest absolute Gasteiger partial charge is 0.133 e. The van der Waals surface area contributed by atoms with E-state index in [4.69, 9.17) is 0 Å². The Hall–Kier alpha value is -0.190. The second-order valence-corrected chi connectivity index (χ2v) is 5.17. The number of phenols is 1. The van der Waals surface area contributed by atoms with E-state index in [1.807, 2.05) is 6.07 Å². The number of thiophene rings is 1. The highest BCUT2D eigenvalue weighted by molar-refractivity contribution is 9.08. The minimum absolute atomic E-state index is 0.384. The van der Waals surface area contributed by atoms with Crippen molar-refractivity contribution in [3.05, 3.63) is 23.1 Å². The lowest BCUT2D eigenvalue weighted by Crippen LogP contribution is -1.78. The van der Waals surface area contributed by atoms with E-state index < -0.39 is 0 Å². The van der Waals surface area contributed by atoms with Crippen LogP contribution in [0.25, 0.3) is 10.1 Å². The van der Waals surface area contributed by atoms with Gasteiger partial charge in [0.15, 0.2) is 0 Å². The molecule has 0 unspecified atom stereocenters. The zero-order valence-electron chi connectivity index (χ0n) is 7.58. The SMILES string of the molecule is CSc1ccc(O)c2scc(CBr)c12. The first-order valence-corrected chi connectivity index (χ1v) is 7.32. The van der Waals surface area contributed by atoms with E-state index in [9.17, 15) is 5.11 Å². The van der Waals surface area contributed by atoms with Crippen LogP contribution in [0, 0.1) is 0 Å². The van der Waals surface area contributed by atoms with Crippen molar-refractivity contribution >= 4 is 49.1 Å². The van der Waals surface area contributed by atoms with E-state index in [0.29, 0.717) is 5.75 Å². The molecule has 0 fully saturated rings. The van der Waals surface area contributed by atoms with Crippen LogP contribution >= 0.6 is 39.0 Å². The zero-order valence-corrected chi connectivity index (χ0v) is 10.8. The molecule has 0 spiro atoms. The van der Waals surface area contributed by atoms with Crippen LogP contribution in [0.5, 0.6) is 5.75 Å². The van der Waals surface area contributed by atoms with Gasteiger partial charge in [0, 0.05) is 15.6 Å². The fraction of sp³-hybridized carbons (Fsp3) is 0.200. The molecule has 1 aromatic carbocycles. The Morgan fingerprint density at radius 2 is 2.29 bits per heavy atom. The van der Waals surface area contributed by atoms with Gasteiger partial charge >= 0.3 is 0 Å². The highest BCUT2D eigenvalue weighted by Crippen LogP contribution is 2.39. The number of rotatable bonds is 2. The predicted molar refractivity (Wildman–Crippen MR) is 67.9 cm³/mol. The van der Waals surface area contributed by atoms with Crippen LogP contribution in [-0.2, 0) is 5.33 Å². The minimum atomic E-state index is 0.384. The van der Waals surface area contributed by atoms with Crippen LogP contribution in [0.3, 0.4) is 0 Å². The summed E-state index contributed by atoms with van der Waals surface area (Å²) in [5.41, 5.74) is 1.25. The second-order valence-electron chi connectivity index (χ2n) is 2.89. The molecule has 74 valence electrons. The molecule has 1 N–H and O–H groups in total. The van der Waals surface area contributed by atoms with E-state index in [1.165, 1.54) is 15.8 Å². The molecule has 4 heteroatoms. The van der Waals surface area contributed by atoms with Gasteiger partial charge in [-0.05, 0) is 29.3 Å². The molecule has 14 heavy (non-hydrogen) atoms. The Morgan fingerprint density at radius 1 is 1.50 bits per heavy atom. The van der Waals surface area contributed by atoms with Gasteiger partial charge in [-0.25, -0.2) is 0 Å². The second kappa shape index (κ2) is 4.13. The fourth-order valence-corrected chi connectivity index (χ4v) is 3.81. The van der Waals surface area contributed by atoms with Gasteiger partial charge in [-0.2, -0.15) is 0 Å². The molecular weight excluding hydrogens is 280 g/mol. The van der Waals surface area contributed by atoms with Crippen molar-refractivity contribution in [2.75, 3.05) is 6.26 Å². The predicted octanol–water partition coefficient (Wildman–Crippen LogP) is 4.22. The van der Waals surface area contributed by atoms with Gasteiger partial charge in [0.05, 0.1) is 4.70 Å². The van der Waals surface area contributed by atoms with Gasteiger partial charge in [-0.1, -0.05) is 15.9 Å². The molecule has 2 rings (SSSR count). The van der Waals surface area contributed by atoms with Crippen molar-refractivity contribution in [1.29, 1.82) is 0 Å². The number of hydrogen-bond donors (Lipinski definition) is 1. The Kier molecular flexibility index (Phi) is 3.04. The largest absolute Gasteiger partial charge is 0.506 e. The lowest BCUT2D eigenvalue weighted by molar-refractivity contribution is 0.482. The van der Waals surface area contributed by atoms with Gasteiger partial charge in [0.2, 0.25) is 0 Å². The normalized spacial score (nSPS) is 11.0. The monoisotopic (exact) mass is 288 g/mol. The number of aromatic hydroxyl groups is 1. The summed E-state index contributed by atoms with van der Waals surface area (Å²) >= 11 is 6.78. The summed E-state index contributed by atoms with van der Waals surface area (Å²) in [6, 6.07) is 3.74. The Bertz CT molecular complexity index is 464. The van der Waals surface area contributed by atoms with Crippen LogP contribution in [0.2, 0.25) is 0 Å². The van der Waals surface area contributed by atoms with Crippen molar-refractivity contribution in [2.24, 2.45) is 0 Å². The summed E-state index contributed by atoms with van der Waals surface area (Å²) in [5, 5.41) is 13.8. The van der Waals surface area contributed by atoms with E-state index in [2.05, 4.69) is 27.6 Å². The average molecular weight is 289 g/mol. The molecule has 0 atom stereocenters. The topological polar surface area (TPSA) is 20.2 Å². The van der Waals surface area contributed by atoms with Crippen molar-refractivity contribution in [3.63, 3.8) is 0 Å². The lowest BCUT2D eigenvalue weighted by Gasteiger charge is -2.02. The van der Waals surface area contributed by atoms with Crippen molar-refractivity contribution in [3.8, 4) is 5.75 Å². The molecule has 1 heterocycles. The first-order chi connectivity index (χ1) is 6.77. The van der Waals surface area contributed by atoms with Crippen molar-refractivity contribution in [2.45, 2.75) is 10.2 Å². The van der Waals surface area contributed by atoms with Crippen LogP contribution in [-0.4, -0.2) is 11.4 Å². The average Bonchev–Trinajstić information content (AvgIpc) is 2.63. The summed E-state index contributed by atoms with van der Waals surface area (Å²) in [4.78, 5) is 1.23. The summed E-state index contributed by atoms with van der Waals surface area (Å²) in [6.07, 6.45) is 2.06. The third-order valence-electron chi connectivity index (χ3n) is 2.10. The first kappa shape index (κ1) is 10.3. The standard InChI is InChI=1S/C10H9BrOS2/c1-13-8-3-2-7(12)10-9(8)6(4-11)5-14-10/h2-3,5,12H,4H2,1H3. The van der Waals surface area contributed by atoms with Gasteiger partial charge in [0.1, 0.15) is 5.75 Å². The highest BCUT2D eigenvalue weighted by Gasteiger charge is 2.10. The summed E-state index contributed by atoms with van der Waals surface area (Å²) in [7, 11) is 0. The summed E-state index contributed by atoms with van der Waals surface area (Å²) < 4.78 is 0.992. The van der Waals surface area contributed by atoms with E-state index in [0.717, 1.165) is 10.0 Å². The van der Waals surface area contributed by atoms with Crippen LogP contribution in [0.4, 0.5) is 0 Å². The van der Waals surface area contributed by atoms with Crippen LogP contribution in [0.1, 0.15) is 5.56 Å². The molecule has 0 aliphatic rings. The summed E-state index contributed by atoms with van der Waals surface area (Å²) in [6.45, 7) is 0. The zero-order chi connectivity index (χ0) is 10.1. The third kappa shape index (κ3) is 1.55. The Labute approximate surface area is 99.3 Å². The number of phenolic OH excluding ortho intramolecular Hbond substituents is 1. The molecule has 0 amide bonds. The molecular formula is C10H9BrOS2. The molecule has 0 radical (unpaired) electrons. The van der Waals surface area contributed by atoms with E-state index in [1.54, 1.807) is 29.2 Å². The molecule has 0 aliphatic carbocycles. The first-order valence-electron chi connectivity index (χ1n) is 4.10. The van der Waals surface area contributed by atoms with E-state index in [-0.39, 0.29) is 0 Å². The fourth-order valence-electron chi connectivity index (χ4n) is 1.43. The number of alkyl halides is 1. The van der Waals surface area contributed by atoms with Crippen LogP contribution < -0.4 is 0 Å². The van der Waals surface area contributed by atoms with Gasteiger partial charge < -0.3 is 5.11 Å². The van der Waals surface area contributed by atoms with Crippen molar-refractivity contribution < 1.29 is 5.11 Å². The number of thioether (sulfide) groups is 1. The van der Waals surface area contributed by atoms with Gasteiger partial charge in [-0.15, -0.1) is 23.1 Å². The maximum Gasteiger partial charge on any atom is 0.133 e. The van der Waals surface area contributed by atoms with Gasteiger partial charge in [0.25, 0.3) is 0 Å². The Morgan fingerprint density at radius 3 is 2.93 bits per heavy atom. The number of halogens is 1. The molecule has 0 bridgehead atoms. The number of hydrogen-bond acceptors (Lipinski definition) is 3.